The average molecular weight is 193 g/mol. The lowest BCUT2D eigenvalue weighted by Crippen LogP contribution is -2.06. The Balaban J connectivity index is 2.15. The highest BCUT2D eigenvalue weighted by Crippen LogP contribution is 1.99. The molecule has 2 rings (SSSR count). The van der Waals surface area contributed by atoms with Crippen LogP contribution in [0.5, 0.6) is 0 Å². The van der Waals surface area contributed by atoms with Crippen LogP contribution in [0.3, 0.4) is 0 Å². The number of hydrogen-bond acceptors (Lipinski definition) is 4. The van der Waals surface area contributed by atoms with E-state index >= 15 is 0 Å². The van der Waals surface area contributed by atoms with Gasteiger partial charge in [0.05, 0.1) is 12.8 Å². The Morgan fingerprint density at radius 3 is 2.93 bits per heavy atom. The van der Waals surface area contributed by atoms with Crippen molar-refractivity contribution in [1.29, 1.82) is 0 Å². The molecule has 0 spiro atoms. The van der Waals surface area contributed by atoms with Crippen LogP contribution in [0.15, 0.2) is 18.6 Å². The Labute approximate surface area is 80.8 Å². The average Bonchev–Trinajstić information content (AvgIpc) is 2.77. The van der Waals surface area contributed by atoms with Crippen molar-refractivity contribution in [3.05, 3.63) is 30.1 Å². The summed E-state index contributed by atoms with van der Waals surface area (Å²) in [5.41, 5.74) is 0.569. The van der Waals surface area contributed by atoms with Gasteiger partial charge in [0, 0.05) is 19.4 Å². The van der Waals surface area contributed by atoms with Crippen molar-refractivity contribution >= 4 is 0 Å². The van der Waals surface area contributed by atoms with Gasteiger partial charge in [0.25, 0.3) is 0 Å². The molecule has 1 N–H and O–H groups in total. The Bertz CT molecular complexity index is 419. The number of aromatic nitrogens is 5. The third kappa shape index (κ3) is 1.64. The number of aliphatic hydroxyl groups is 1. The summed E-state index contributed by atoms with van der Waals surface area (Å²) in [5, 5.41) is 16.4. The summed E-state index contributed by atoms with van der Waals surface area (Å²) in [6, 6.07) is 0. The van der Waals surface area contributed by atoms with Gasteiger partial charge in [-0.3, -0.25) is 0 Å². The van der Waals surface area contributed by atoms with Crippen molar-refractivity contribution in [2.45, 2.75) is 13.2 Å². The fraction of sp³-hybridized carbons (Fsp3) is 0.375. The molecule has 0 radical (unpaired) electrons. The van der Waals surface area contributed by atoms with E-state index in [4.69, 9.17) is 5.11 Å². The first-order valence-corrected chi connectivity index (χ1v) is 4.25. The molecule has 6 heteroatoms. The Kier molecular flexibility index (Phi) is 2.28. The van der Waals surface area contributed by atoms with E-state index in [1.54, 1.807) is 17.1 Å². The predicted octanol–water partition coefficient (Wildman–Crippen LogP) is -0.448. The first-order valence-electron chi connectivity index (χ1n) is 4.25. The van der Waals surface area contributed by atoms with E-state index in [0.29, 0.717) is 12.2 Å². The minimum absolute atomic E-state index is 0.0828. The van der Waals surface area contributed by atoms with E-state index in [-0.39, 0.29) is 6.61 Å². The molecule has 0 saturated carbocycles. The van der Waals surface area contributed by atoms with E-state index in [2.05, 4.69) is 15.3 Å². The van der Waals surface area contributed by atoms with Crippen LogP contribution in [0.2, 0.25) is 0 Å². The summed E-state index contributed by atoms with van der Waals surface area (Å²) in [6.07, 6.45) is 5.31. The molecule has 0 aliphatic carbocycles. The van der Waals surface area contributed by atoms with Crippen LogP contribution in [-0.4, -0.2) is 29.7 Å². The molecule has 0 saturated heterocycles. The van der Waals surface area contributed by atoms with Crippen LogP contribution >= 0.6 is 0 Å². The number of imidazole rings is 1. The normalized spacial score (nSPS) is 10.7. The van der Waals surface area contributed by atoms with Gasteiger partial charge >= 0.3 is 0 Å². The summed E-state index contributed by atoms with van der Waals surface area (Å²) in [5.74, 6) is 0.902. The molecule has 0 aliphatic heterocycles. The summed E-state index contributed by atoms with van der Waals surface area (Å²) in [4.78, 5) is 4.16. The van der Waals surface area contributed by atoms with E-state index in [9.17, 15) is 0 Å². The van der Waals surface area contributed by atoms with Crippen molar-refractivity contribution < 1.29 is 5.11 Å². The molecule has 0 amide bonds. The number of aryl methyl sites for hydroxylation is 1. The SMILES string of the molecule is Cn1ccnc1Cn1cc(CO)nn1. The zero-order chi connectivity index (χ0) is 9.97. The maximum atomic E-state index is 8.79. The predicted molar refractivity (Wildman–Crippen MR) is 48.3 cm³/mol. The highest BCUT2D eigenvalue weighted by atomic mass is 16.3. The topological polar surface area (TPSA) is 68.8 Å². The largest absolute Gasteiger partial charge is 0.390 e. The van der Waals surface area contributed by atoms with Gasteiger partial charge < -0.3 is 9.67 Å². The smallest absolute Gasteiger partial charge is 0.130 e. The molecule has 2 aromatic heterocycles. The monoisotopic (exact) mass is 193 g/mol. The summed E-state index contributed by atoms with van der Waals surface area (Å²) < 4.78 is 3.56. The Hall–Kier alpha value is -1.69. The summed E-state index contributed by atoms with van der Waals surface area (Å²) >= 11 is 0. The number of aliphatic hydroxyl groups excluding tert-OH is 1. The van der Waals surface area contributed by atoms with E-state index in [0.717, 1.165) is 5.82 Å². The van der Waals surface area contributed by atoms with E-state index in [1.807, 2.05) is 17.8 Å². The van der Waals surface area contributed by atoms with Crippen molar-refractivity contribution in [1.82, 2.24) is 24.5 Å². The Morgan fingerprint density at radius 1 is 1.50 bits per heavy atom. The number of rotatable bonds is 3. The van der Waals surface area contributed by atoms with Crippen molar-refractivity contribution in [3.63, 3.8) is 0 Å². The van der Waals surface area contributed by atoms with Crippen LogP contribution in [0, 0.1) is 0 Å². The van der Waals surface area contributed by atoms with E-state index in [1.165, 1.54) is 0 Å². The van der Waals surface area contributed by atoms with Gasteiger partial charge in [0.2, 0.25) is 0 Å². The molecule has 2 heterocycles. The van der Waals surface area contributed by atoms with Crippen LogP contribution < -0.4 is 0 Å². The lowest BCUT2D eigenvalue weighted by molar-refractivity contribution is 0.276. The molecule has 0 unspecified atom stereocenters. The second-order valence-electron chi connectivity index (χ2n) is 3.02. The molecular formula is C8H11N5O. The van der Waals surface area contributed by atoms with Gasteiger partial charge in [0.1, 0.15) is 18.1 Å². The molecule has 0 aliphatic rings. The van der Waals surface area contributed by atoms with E-state index < -0.39 is 0 Å². The number of hydrogen-bond donors (Lipinski definition) is 1. The van der Waals surface area contributed by atoms with Gasteiger partial charge in [-0.1, -0.05) is 5.21 Å². The third-order valence-corrected chi connectivity index (χ3v) is 1.97. The maximum Gasteiger partial charge on any atom is 0.130 e. The minimum atomic E-state index is -0.0828. The van der Waals surface area contributed by atoms with Crippen molar-refractivity contribution in [2.75, 3.05) is 0 Å². The van der Waals surface area contributed by atoms with Gasteiger partial charge in [-0.2, -0.15) is 0 Å². The van der Waals surface area contributed by atoms with Crippen LogP contribution in [0.4, 0.5) is 0 Å². The molecule has 0 atom stereocenters. The molecule has 14 heavy (non-hydrogen) atoms. The van der Waals surface area contributed by atoms with Gasteiger partial charge in [-0.25, -0.2) is 9.67 Å². The molecule has 6 nitrogen and oxygen atoms in total. The first-order chi connectivity index (χ1) is 6.79. The molecular weight excluding hydrogens is 182 g/mol. The lowest BCUT2D eigenvalue weighted by Gasteiger charge is -1.99. The molecule has 2 aromatic rings. The van der Waals surface area contributed by atoms with Gasteiger partial charge in [-0.05, 0) is 0 Å². The summed E-state index contributed by atoms with van der Waals surface area (Å²) in [6.45, 7) is 0.483. The van der Waals surface area contributed by atoms with Gasteiger partial charge in [0.15, 0.2) is 0 Å². The molecule has 0 aromatic carbocycles. The highest BCUT2D eigenvalue weighted by molar-refractivity contribution is 4.95. The maximum absolute atomic E-state index is 8.79. The standard InChI is InChI=1S/C8H11N5O/c1-12-3-2-9-8(12)5-13-4-7(6-14)10-11-13/h2-4,14H,5-6H2,1H3. The zero-order valence-electron chi connectivity index (χ0n) is 7.83. The highest BCUT2D eigenvalue weighted by Gasteiger charge is 2.03. The lowest BCUT2D eigenvalue weighted by atomic mass is 10.5. The Morgan fingerprint density at radius 2 is 2.36 bits per heavy atom. The van der Waals surface area contributed by atoms with Crippen LogP contribution in [0.25, 0.3) is 0 Å². The zero-order valence-corrected chi connectivity index (χ0v) is 7.83. The second-order valence-corrected chi connectivity index (χ2v) is 3.02. The first kappa shape index (κ1) is 8.89. The van der Waals surface area contributed by atoms with Crippen molar-refractivity contribution in [2.24, 2.45) is 7.05 Å². The quantitative estimate of drug-likeness (QED) is 0.717. The van der Waals surface area contributed by atoms with Crippen molar-refractivity contribution in [3.8, 4) is 0 Å². The fourth-order valence-corrected chi connectivity index (χ4v) is 1.18. The molecule has 74 valence electrons. The minimum Gasteiger partial charge on any atom is -0.390 e. The number of nitrogens with zero attached hydrogens (tertiary/aromatic N) is 5. The van der Waals surface area contributed by atoms with Crippen LogP contribution in [-0.2, 0) is 20.2 Å². The third-order valence-electron chi connectivity index (χ3n) is 1.97. The fourth-order valence-electron chi connectivity index (χ4n) is 1.18. The summed E-state index contributed by atoms with van der Waals surface area (Å²) in [7, 11) is 1.92. The van der Waals surface area contributed by atoms with Gasteiger partial charge in [-0.15, -0.1) is 5.10 Å². The van der Waals surface area contributed by atoms with Crippen LogP contribution in [0.1, 0.15) is 11.5 Å². The molecule has 0 fully saturated rings. The second kappa shape index (κ2) is 3.59. The molecule has 0 bridgehead atoms.